The van der Waals surface area contributed by atoms with Crippen LogP contribution in [0, 0.1) is 20.2 Å². The molecule has 0 amide bonds. The molecule has 26 heavy (non-hydrogen) atoms. The van der Waals surface area contributed by atoms with E-state index in [1.807, 2.05) is 0 Å². The van der Waals surface area contributed by atoms with E-state index >= 15 is 0 Å². The van der Waals surface area contributed by atoms with Crippen molar-refractivity contribution >= 4 is 35.5 Å². The summed E-state index contributed by atoms with van der Waals surface area (Å²) in [5.74, 6) is -2.93. The van der Waals surface area contributed by atoms with E-state index in [1.165, 1.54) is 24.3 Å². The fourth-order valence-corrected chi connectivity index (χ4v) is 2.17. The Morgan fingerprint density at radius 2 is 1.12 bits per heavy atom. The highest BCUT2D eigenvalue weighted by molar-refractivity contribution is 5.94. The Morgan fingerprint density at radius 3 is 1.38 bits per heavy atom. The first-order valence-corrected chi connectivity index (χ1v) is 6.92. The number of nitro groups is 2. The molecule has 0 spiro atoms. The first-order valence-electron chi connectivity index (χ1n) is 6.92. The molecule has 2 rings (SSSR count). The third kappa shape index (κ3) is 3.87. The summed E-state index contributed by atoms with van der Waals surface area (Å²) in [7, 11) is 0. The van der Waals surface area contributed by atoms with Crippen LogP contribution in [0.25, 0.3) is 12.2 Å². The number of carboxylic acid groups (broad SMARTS) is 2. The summed E-state index contributed by atoms with van der Waals surface area (Å²) >= 11 is 0. The molecule has 0 aliphatic carbocycles. The minimum atomic E-state index is -1.46. The van der Waals surface area contributed by atoms with Crippen LogP contribution in [-0.2, 0) is 0 Å². The number of carboxylic acids is 2. The Bertz CT molecular complexity index is 887. The summed E-state index contributed by atoms with van der Waals surface area (Å²) in [4.78, 5) is 42.2. The van der Waals surface area contributed by atoms with Gasteiger partial charge in [-0.05, 0) is 35.4 Å². The molecule has 0 saturated heterocycles. The maximum Gasteiger partial charge on any atom is 0.342 e. The monoisotopic (exact) mass is 358 g/mol. The fraction of sp³-hybridized carbons (Fsp3) is 0. The lowest BCUT2D eigenvalue weighted by atomic mass is 10.1. The summed E-state index contributed by atoms with van der Waals surface area (Å²) in [5, 5.41) is 39.7. The van der Waals surface area contributed by atoms with Crippen LogP contribution in [0.1, 0.15) is 31.8 Å². The lowest BCUT2D eigenvalue weighted by Gasteiger charge is -2.01. The van der Waals surface area contributed by atoms with Crippen molar-refractivity contribution in [3.8, 4) is 0 Å². The number of hydrogen-bond donors (Lipinski definition) is 2. The van der Waals surface area contributed by atoms with Crippen LogP contribution in [0.4, 0.5) is 11.4 Å². The number of rotatable bonds is 6. The summed E-state index contributed by atoms with van der Waals surface area (Å²) in [6, 6.07) is 6.93. The Hall–Kier alpha value is -4.08. The zero-order valence-corrected chi connectivity index (χ0v) is 12.9. The highest BCUT2D eigenvalue weighted by Gasteiger charge is 2.20. The zero-order chi connectivity index (χ0) is 19.4. The Balaban J connectivity index is 2.41. The van der Waals surface area contributed by atoms with Gasteiger partial charge in [-0.1, -0.05) is 12.2 Å². The third-order valence-corrected chi connectivity index (χ3v) is 3.36. The van der Waals surface area contributed by atoms with Gasteiger partial charge in [0.05, 0.1) is 9.85 Å². The molecule has 132 valence electrons. The van der Waals surface area contributed by atoms with E-state index in [-0.39, 0.29) is 0 Å². The molecule has 0 aromatic heterocycles. The van der Waals surface area contributed by atoms with Gasteiger partial charge in [-0.3, -0.25) is 20.2 Å². The second-order valence-electron chi connectivity index (χ2n) is 5.01. The minimum Gasteiger partial charge on any atom is -0.477 e. The Morgan fingerprint density at radius 1 is 0.769 bits per heavy atom. The van der Waals surface area contributed by atoms with Crippen LogP contribution in [-0.4, -0.2) is 32.0 Å². The van der Waals surface area contributed by atoms with Crippen molar-refractivity contribution in [1.82, 2.24) is 0 Å². The predicted molar refractivity (Wildman–Crippen MR) is 89.0 cm³/mol. The van der Waals surface area contributed by atoms with Crippen LogP contribution in [0.3, 0.4) is 0 Å². The van der Waals surface area contributed by atoms with Crippen molar-refractivity contribution in [1.29, 1.82) is 0 Å². The van der Waals surface area contributed by atoms with E-state index in [1.54, 1.807) is 0 Å². The molecule has 0 aliphatic heterocycles. The predicted octanol–water partition coefficient (Wildman–Crippen LogP) is 3.07. The molecule has 0 aliphatic rings. The van der Waals surface area contributed by atoms with Gasteiger partial charge in [0, 0.05) is 12.1 Å². The smallest absolute Gasteiger partial charge is 0.342 e. The minimum absolute atomic E-state index is 0.322. The Kier molecular flexibility index (Phi) is 5.07. The van der Waals surface area contributed by atoms with Crippen molar-refractivity contribution in [2.75, 3.05) is 0 Å². The molecule has 0 bridgehead atoms. The maximum atomic E-state index is 11.1. The Labute approximate surface area is 144 Å². The summed E-state index contributed by atoms with van der Waals surface area (Å²) in [6.07, 6.45) is 2.81. The van der Waals surface area contributed by atoms with Crippen LogP contribution < -0.4 is 0 Å². The van der Waals surface area contributed by atoms with Crippen molar-refractivity contribution < 1.29 is 29.6 Å². The molecule has 0 saturated carbocycles. The number of carbonyl (C=O) groups is 2. The first-order chi connectivity index (χ1) is 12.2. The van der Waals surface area contributed by atoms with Gasteiger partial charge in [0.25, 0.3) is 11.4 Å². The first kappa shape index (κ1) is 18.3. The molecule has 2 N–H and O–H groups in total. The second kappa shape index (κ2) is 7.21. The van der Waals surface area contributed by atoms with Gasteiger partial charge in [0.2, 0.25) is 0 Å². The lowest BCUT2D eigenvalue weighted by Crippen LogP contribution is -2.03. The van der Waals surface area contributed by atoms with Gasteiger partial charge in [-0.15, -0.1) is 0 Å². The fourth-order valence-electron chi connectivity index (χ4n) is 2.17. The molecule has 0 heterocycles. The van der Waals surface area contributed by atoms with Gasteiger partial charge in [0.1, 0.15) is 11.1 Å². The SMILES string of the molecule is O=C(O)c1cc(/C=C/c2ccc([N+](=O)[O-])c(C(=O)O)c2)ccc1[N+](=O)[O-]. The maximum absolute atomic E-state index is 11.1. The summed E-state index contributed by atoms with van der Waals surface area (Å²) in [6.45, 7) is 0. The normalized spacial score (nSPS) is 10.6. The number of nitro benzene ring substituents is 2. The molecule has 2 aromatic carbocycles. The quantitative estimate of drug-likeness (QED) is 0.452. The molecule has 0 fully saturated rings. The van der Waals surface area contributed by atoms with Gasteiger partial charge >= 0.3 is 11.9 Å². The van der Waals surface area contributed by atoms with E-state index in [4.69, 9.17) is 10.2 Å². The number of nitrogens with zero attached hydrogens (tertiary/aromatic N) is 2. The number of hydrogen-bond acceptors (Lipinski definition) is 6. The molecule has 0 radical (unpaired) electrons. The van der Waals surface area contributed by atoms with Gasteiger partial charge in [-0.2, -0.15) is 0 Å². The molecule has 10 nitrogen and oxygen atoms in total. The van der Waals surface area contributed by atoms with Gasteiger partial charge in [0.15, 0.2) is 0 Å². The summed E-state index contributed by atoms with van der Waals surface area (Å²) in [5.41, 5.74) is -1.46. The second-order valence-corrected chi connectivity index (χ2v) is 5.01. The molecule has 10 heteroatoms. The largest absolute Gasteiger partial charge is 0.477 e. The van der Waals surface area contributed by atoms with E-state index in [0.29, 0.717) is 11.1 Å². The van der Waals surface area contributed by atoms with Crippen LogP contribution in [0.15, 0.2) is 36.4 Å². The van der Waals surface area contributed by atoms with Crippen LogP contribution in [0.2, 0.25) is 0 Å². The average molecular weight is 358 g/mol. The highest BCUT2D eigenvalue weighted by atomic mass is 16.6. The van der Waals surface area contributed by atoms with Crippen molar-refractivity contribution in [3.05, 3.63) is 78.9 Å². The van der Waals surface area contributed by atoms with Crippen LogP contribution >= 0.6 is 0 Å². The van der Waals surface area contributed by atoms with E-state index < -0.39 is 44.3 Å². The van der Waals surface area contributed by atoms with E-state index in [2.05, 4.69) is 0 Å². The van der Waals surface area contributed by atoms with E-state index in [9.17, 15) is 29.8 Å². The van der Waals surface area contributed by atoms with Crippen LogP contribution in [0.5, 0.6) is 0 Å². The lowest BCUT2D eigenvalue weighted by molar-refractivity contribution is -0.385. The number of benzene rings is 2. The zero-order valence-electron chi connectivity index (χ0n) is 12.9. The topological polar surface area (TPSA) is 161 Å². The molecular weight excluding hydrogens is 348 g/mol. The summed E-state index contributed by atoms with van der Waals surface area (Å²) < 4.78 is 0. The van der Waals surface area contributed by atoms with E-state index in [0.717, 1.165) is 24.3 Å². The highest BCUT2D eigenvalue weighted by Crippen LogP contribution is 2.23. The number of aromatic carboxylic acids is 2. The van der Waals surface area contributed by atoms with Gasteiger partial charge < -0.3 is 10.2 Å². The van der Waals surface area contributed by atoms with Gasteiger partial charge in [-0.25, -0.2) is 9.59 Å². The average Bonchev–Trinajstić information content (AvgIpc) is 2.59. The molecule has 0 atom stereocenters. The van der Waals surface area contributed by atoms with Crippen molar-refractivity contribution in [2.24, 2.45) is 0 Å². The molecular formula is C16H10N2O8. The molecule has 0 unspecified atom stereocenters. The third-order valence-electron chi connectivity index (χ3n) is 3.36. The van der Waals surface area contributed by atoms with Crippen molar-refractivity contribution in [2.45, 2.75) is 0 Å². The standard InChI is InChI=1S/C16H10N2O8/c19-15(20)11-7-9(3-5-13(11)17(23)24)1-2-10-4-6-14(18(25)26)12(8-10)16(21)22/h1-8H,(H,19,20)(H,21,22)/b2-1+. The van der Waals surface area contributed by atoms with Crippen molar-refractivity contribution in [3.63, 3.8) is 0 Å². The molecule has 2 aromatic rings.